The standard InChI is InChI=1S/C43H71NOS.Na.H/c1-12-44(31-25-27(2)24-28(3)26-31)23-13-14-33-37(45)38(46)39(6,7)34-18-20-42(10)35(43(33,34)11)16-15-32-36-30(5)29(4)17-19-40(36,8)21-22-41(32,42)9;;/h24-26,29-30,32-38,45-46H,12-23H2,1-11H3;;/t29-,30+,32-,33?,34+,35+,36+,37?,38?,40-,41-,42-,43+;;/m1../s1. The van der Waals surface area contributed by atoms with Crippen LogP contribution in [0.1, 0.15) is 138 Å². The number of fused-ring (bicyclic) bond motifs is 7. The average Bonchev–Trinajstić information content (AvgIpc) is 2.98. The van der Waals surface area contributed by atoms with Crippen LogP contribution in [0.5, 0.6) is 0 Å². The summed E-state index contributed by atoms with van der Waals surface area (Å²) in [5.41, 5.74) is 5.45. The van der Waals surface area contributed by atoms with Crippen LogP contribution in [0.15, 0.2) is 18.2 Å². The van der Waals surface area contributed by atoms with Gasteiger partial charge in [-0.1, -0.05) is 61.5 Å². The molecule has 0 saturated heterocycles. The summed E-state index contributed by atoms with van der Waals surface area (Å²) in [6.07, 6.45) is 13.0. The number of thiol groups is 1. The first kappa shape index (κ1) is 38.6. The second-order valence-corrected chi connectivity index (χ2v) is 20.1. The molecule has 3 unspecified atom stereocenters. The Morgan fingerprint density at radius 3 is 2.13 bits per heavy atom. The van der Waals surface area contributed by atoms with E-state index in [4.69, 9.17) is 12.6 Å². The number of anilines is 1. The summed E-state index contributed by atoms with van der Waals surface area (Å²) < 4.78 is 0. The summed E-state index contributed by atoms with van der Waals surface area (Å²) in [5, 5.41) is 12.4. The van der Waals surface area contributed by atoms with Crippen molar-refractivity contribution >= 4 is 47.9 Å². The van der Waals surface area contributed by atoms with Crippen molar-refractivity contribution in [1.82, 2.24) is 0 Å². The Labute approximate surface area is 318 Å². The molecule has 47 heavy (non-hydrogen) atoms. The Kier molecular flexibility index (Phi) is 11.0. The van der Waals surface area contributed by atoms with Crippen LogP contribution in [0.25, 0.3) is 0 Å². The Morgan fingerprint density at radius 1 is 0.830 bits per heavy atom. The first-order valence-corrected chi connectivity index (χ1v) is 20.2. The van der Waals surface area contributed by atoms with Gasteiger partial charge in [-0.25, -0.2) is 0 Å². The molecule has 5 saturated carbocycles. The van der Waals surface area contributed by atoms with Gasteiger partial charge in [0.15, 0.2) is 0 Å². The summed E-state index contributed by atoms with van der Waals surface area (Å²) in [5.74, 6) is 4.99. The number of benzene rings is 1. The molecule has 5 aliphatic rings. The van der Waals surface area contributed by atoms with Gasteiger partial charge in [-0.05, 0) is 177 Å². The van der Waals surface area contributed by atoms with E-state index in [9.17, 15) is 5.11 Å². The molecular weight excluding hydrogens is 602 g/mol. The number of nitrogens with zero attached hydrogens (tertiary/aromatic N) is 1. The molecular formula is C43H72NNaOS. The fourth-order valence-electron chi connectivity index (χ4n) is 14.5. The summed E-state index contributed by atoms with van der Waals surface area (Å²) in [6.45, 7) is 29.8. The van der Waals surface area contributed by atoms with Crippen molar-refractivity contribution < 1.29 is 5.11 Å². The van der Waals surface area contributed by atoms with E-state index in [0.29, 0.717) is 34.0 Å². The van der Waals surface area contributed by atoms with Gasteiger partial charge in [0.05, 0.1) is 6.10 Å². The number of aryl methyl sites for hydroxylation is 2. The van der Waals surface area contributed by atoms with Gasteiger partial charge < -0.3 is 10.0 Å². The van der Waals surface area contributed by atoms with Crippen LogP contribution < -0.4 is 4.90 Å². The molecule has 0 aromatic heterocycles. The first-order valence-electron chi connectivity index (χ1n) is 19.6. The zero-order valence-electron chi connectivity index (χ0n) is 31.8. The van der Waals surface area contributed by atoms with E-state index in [0.717, 1.165) is 49.6 Å². The first-order chi connectivity index (χ1) is 21.5. The number of rotatable bonds is 6. The SMILES string of the molecule is CCN(CCCC1C(O)C(S)C(C)(C)[C@@H]2CC[C@]3(C)[C@H](CC[C@@H]4[C@@H]5[C@@H](C)[C@H](C)CC[C@]5(C)CC[C@]43C)[C@@]12C)c1cc(C)cc(C)c1.[NaH]. The van der Waals surface area contributed by atoms with E-state index >= 15 is 0 Å². The number of aliphatic hydroxyl groups is 1. The molecule has 5 aliphatic carbocycles. The van der Waals surface area contributed by atoms with Gasteiger partial charge in [0, 0.05) is 24.0 Å². The number of hydrogen-bond donors (Lipinski definition) is 2. The van der Waals surface area contributed by atoms with E-state index in [2.05, 4.69) is 99.3 Å². The Morgan fingerprint density at radius 2 is 1.49 bits per heavy atom. The quantitative estimate of drug-likeness (QED) is 0.232. The van der Waals surface area contributed by atoms with Crippen LogP contribution in [0.4, 0.5) is 5.69 Å². The van der Waals surface area contributed by atoms with E-state index < -0.39 is 0 Å². The third-order valence-corrected chi connectivity index (χ3v) is 18.3. The van der Waals surface area contributed by atoms with Gasteiger partial charge >= 0.3 is 29.6 Å². The van der Waals surface area contributed by atoms with Crippen molar-refractivity contribution in [2.24, 2.45) is 68.5 Å². The van der Waals surface area contributed by atoms with E-state index in [1.807, 2.05) is 0 Å². The number of hydrogen-bond acceptors (Lipinski definition) is 3. The predicted molar refractivity (Wildman–Crippen MR) is 208 cm³/mol. The molecule has 4 heteroatoms. The second-order valence-electron chi connectivity index (χ2n) is 19.5. The van der Waals surface area contributed by atoms with Crippen molar-refractivity contribution in [2.45, 2.75) is 152 Å². The topological polar surface area (TPSA) is 23.5 Å². The summed E-state index contributed by atoms with van der Waals surface area (Å²) in [7, 11) is 0. The molecule has 5 fully saturated rings. The molecule has 0 amide bonds. The molecule has 6 rings (SSSR count). The molecule has 0 radical (unpaired) electrons. The van der Waals surface area contributed by atoms with Gasteiger partial charge in [0.1, 0.15) is 0 Å². The van der Waals surface area contributed by atoms with Crippen molar-refractivity contribution in [3.8, 4) is 0 Å². The van der Waals surface area contributed by atoms with E-state index in [1.54, 1.807) is 0 Å². The molecule has 0 aliphatic heterocycles. The third-order valence-electron chi connectivity index (χ3n) is 17.3. The summed E-state index contributed by atoms with van der Waals surface area (Å²) in [4.78, 5) is 2.57. The minimum absolute atomic E-state index is 0. The molecule has 2 nitrogen and oxygen atoms in total. The second kappa shape index (κ2) is 13.4. The van der Waals surface area contributed by atoms with Crippen LogP contribution in [0.2, 0.25) is 0 Å². The van der Waals surface area contributed by atoms with Crippen molar-refractivity contribution in [3.05, 3.63) is 29.3 Å². The third kappa shape index (κ3) is 5.80. The average molecular weight is 674 g/mol. The minimum atomic E-state index is -0.349. The Balaban J connectivity index is 0.00000433. The fraction of sp³-hybridized carbons (Fsp3) is 0.860. The van der Waals surface area contributed by atoms with Gasteiger partial charge in [-0.3, -0.25) is 0 Å². The molecule has 0 heterocycles. The van der Waals surface area contributed by atoms with Crippen LogP contribution in [-0.2, 0) is 0 Å². The monoisotopic (exact) mass is 674 g/mol. The zero-order valence-corrected chi connectivity index (χ0v) is 32.6. The van der Waals surface area contributed by atoms with Crippen LogP contribution in [-0.4, -0.2) is 59.1 Å². The normalized spacial score (nSPS) is 47.0. The number of aliphatic hydroxyl groups excluding tert-OH is 1. The summed E-state index contributed by atoms with van der Waals surface area (Å²) in [6, 6.07) is 6.98. The Hall–Kier alpha value is 0.330. The van der Waals surface area contributed by atoms with Gasteiger partial charge in [-0.15, -0.1) is 0 Å². The molecule has 1 N–H and O–H groups in total. The van der Waals surface area contributed by atoms with Crippen LogP contribution in [0.3, 0.4) is 0 Å². The molecule has 13 atom stereocenters. The van der Waals surface area contributed by atoms with Crippen molar-refractivity contribution in [1.29, 1.82) is 0 Å². The summed E-state index contributed by atoms with van der Waals surface area (Å²) >= 11 is 5.26. The van der Waals surface area contributed by atoms with Gasteiger partial charge in [0.2, 0.25) is 0 Å². The maximum absolute atomic E-state index is 12.3. The van der Waals surface area contributed by atoms with E-state index in [1.165, 1.54) is 68.2 Å². The maximum atomic E-state index is 12.3. The van der Waals surface area contributed by atoms with Crippen molar-refractivity contribution in [2.75, 3.05) is 18.0 Å². The molecule has 262 valence electrons. The zero-order chi connectivity index (χ0) is 33.6. The van der Waals surface area contributed by atoms with E-state index in [-0.39, 0.29) is 51.7 Å². The van der Waals surface area contributed by atoms with Gasteiger partial charge in [-0.2, -0.15) is 12.6 Å². The predicted octanol–water partition coefficient (Wildman–Crippen LogP) is 10.5. The fourth-order valence-corrected chi connectivity index (χ4v) is 14.9. The van der Waals surface area contributed by atoms with Crippen molar-refractivity contribution in [3.63, 3.8) is 0 Å². The molecule has 0 spiro atoms. The molecule has 0 bridgehead atoms. The van der Waals surface area contributed by atoms with Crippen LogP contribution in [0, 0.1) is 82.3 Å². The van der Waals surface area contributed by atoms with Crippen LogP contribution >= 0.6 is 12.6 Å². The Bertz CT molecular complexity index is 1260. The molecule has 1 aromatic carbocycles. The van der Waals surface area contributed by atoms with Gasteiger partial charge in [0.25, 0.3) is 0 Å². The molecule has 1 aromatic rings.